The molecule has 156 valence electrons. The highest BCUT2D eigenvalue weighted by Gasteiger charge is 2.32. The monoisotopic (exact) mass is 417 g/mol. The summed E-state index contributed by atoms with van der Waals surface area (Å²) in [5, 5.41) is 0. The lowest BCUT2D eigenvalue weighted by molar-refractivity contribution is 0.386. The van der Waals surface area contributed by atoms with Crippen LogP contribution >= 0.6 is 0 Å². The normalized spacial score (nSPS) is 17.3. The van der Waals surface area contributed by atoms with Gasteiger partial charge < -0.3 is 14.5 Å². The van der Waals surface area contributed by atoms with Crippen molar-refractivity contribution >= 4 is 21.8 Å². The van der Waals surface area contributed by atoms with E-state index in [9.17, 15) is 8.42 Å². The van der Waals surface area contributed by atoms with Gasteiger partial charge in [-0.3, -0.25) is 0 Å². The average molecular weight is 418 g/mol. The number of methoxy groups -OCH3 is 1. The smallest absolute Gasteiger partial charge is 0.243 e. The molecular weight excluding hydrogens is 390 g/mol. The summed E-state index contributed by atoms with van der Waals surface area (Å²) in [4.78, 5) is 14.0. The van der Waals surface area contributed by atoms with E-state index in [4.69, 9.17) is 14.7 Å². The SMILES string of the molecule is COc1ccc(S(=O)(=O)N2CCc3nc(N4CCCC4)nc(N(C)C)c3C2)cc1. The molecule has 9 heteroatoms. The van der Waals surface area contributed by atoms with Crippen molar-refractivity contribution in [2.45, 2.75) is 30.7 Å². The Morgan fingerprint density at radius 2 is 1.72 bits per heavy atom. The first-order chi connectivity index (χ1) is 13.9. The first-order valence-electron chi connectivity index (χ1n) is 9.86. The molecule has 2 aliphatic heterocycles. The van der Waals surface area contributed by atoms with Gasteiger partial charge in [0.2, 0.25) is 16.0 Å². The van der Waals surface area contributed by atoms with Crippen molar-refractivity contribution in [3.05, 3.63) is 35.5 Å². The molecule has 0 bridgehead atoms. The third kappa shape index (κ3) is 3.76. The molecule has 1 aromatic heterocycles. The minimum absolute atomic E-state index is 0.266. The summed E-state index contributed by atoms with van der Waals surface area (Å²) < 4.78 is 33.0. The van der Waals surface area contributed by atoms with Gasteiger partial charge in [-0.05, 0) is 37.1 Å². The van der Waals surface area contributed by atoms with Crippen LogP contribution in [-0.4, -0.2) is 63.5 Å². The van der Waals surface area contributed by atoms with Gasteiger partial charge >= 0.3 is 0 Å². The fourth-order valence-electron chi connectivity index (χ4n) is 3.89. The van der Waals surface area contributed by atoms with Crippen molar-refractivity contribution in [3.63, 3.8) is 0 Å². The van der Waals surface area contributed by atoms with Crippen LogP contribution in [0.3, 0.4) is 0 Å². The largest absolute Gasteiger partial charge is 0.497 e. The van der Waals surface area contributed by atoms with Crippen molar-refractivity contribution in [2.24, 2.45) is 0 Å². The van der Waals surface area contributed by atoms with Crippen LogP contribution < -0.4 is 14.5 Å². The van der Waals surface area contributed by atoms with Crippen LogP contribution in [0, 0.1) is 0 Å². The van der Waals surface area contributed by atoms with E-state index in [1.165, 1.54) is 4.31 Å². The standard InChI is InChI=1S/C20H27N5O3S/c1-23(2)19-17-14-25(29(26,27)16-8-6-15(28-3)7-9-16)13-10-18(17)21-20(22-19)24-11-4-5-12-24/h6-9H,4-5,10-14H2,1-3H3. The summed E-state index contributed by atoms with van der Waals surface area (Å²) in [7, 11) is 1.83. The van der Waals surface area contributed by atoms with E-state index in [0.717, 1.165) is 49.0 Å². The van der Waals surface area contributed by atoms with E-state index in [2.05, 4.69) is 4.90 Å². The van der Waals surface area contributed by atoms with Crippen molar-refractivity contribution in [2.75, 3.05) is 50.6 Å². The van der Waals surface area contributed by atoms with Crippen LogP contribution in [0.1, 0.15) is 24.1 Å². The van der Waals surface area contributed by atoms with Gasteiger partial charge in [-0.15, -0.1) is 0 Å². The Hall–Kier alpha value is -2.39. The number of benzene rings is 1. The quantitative estimate of drug-likeness (QED) is 0.735. The maximum Gasteiger partial charge on any atom is 0.243 e. The lowest BCUT2D eigenvalue weighted by Gasteiger charge is -2.31. The minimum Gasteiger partial charge on any atom is -0.497 e. The molecule has 2 aliphatic rings. The lowest BCUT2D eigenvalue weighted by Crippen LogP contribution is -2.38. The van der Waals surface area contributed by atoms with Crippen LogP contribution in [0.2, 0.25) is 0 Å². The van der Waals surface area contributed by atoms with Gasteiger partial charge in [0, 0.05) is 52.3 Å². The zero-order valence-corrected chi connectivity index (χ0v) is 17.9. The summed E-state index contributed by atoms with van der Waals surface area (Å²) in [6.07, 6.45) is 2.90. The molecule has 0 spiro atoms. The molecule has 1 fully saturated rings. The Morgan fingerprint density at radius 1 is 1.03 bits per heavy atom. The van der Waals surface area contributed by atoms with Crippen LogP contribution in [0.5, 0.6) is 5.75 Å². The second-order valence-electron chi connectivity index (χ2n) is 7.63. The van der Waals surface area contributed by atoms with E-state index >= 15 is 0 Å². The van der Waals surface area contributed by atoms with Gasteiger partial charge in [0.15, 0.2) is 0 Å². The molecule has 0 aliphatic carbocycles. The van der Waals surface area contributed by atoms with Crippen LogP contribution in [0.25, 0.3) is 0 Å². The van der Waals surface area contributed by atoms with Crippen LogP contribution in [0.15, 0.2) is 29.2 Å². The molecule has 0 radical (unpaired) electrons. The Labute approximate surface area is 172 Å². The molecule has 3 heterocycles. The molecule has 0 saturated carbocycles. The second kappa shape index (κ2) is 7.79. The number of hydrogen-bond acceptors (Lipinski definition) is 7. The number of fused-ring (bicyclic) bond motifs is 1. The number of aromatic nitrogens is 2. The molecule has 2 aromatic rings. The van der Waals surface area contributed by atoms with Gasteiger partial charge in [-0.2, -0.15) is 9.29 Å². The lowest BCUT2D eigenvalue weighted by atomic mass is 10.1. The highest BCUT2D eigenvalue weighted by Crippen LogP contribution is 2.31. The zero-order chi connectivity index (χ0) is 20.6. The number of anilines is 2. The molecule has 1 saturated heterocycles. The van der Waals surface area contributed by atoms with Gasteiger partial charge in [-0.25, -0.2) is 13.4 Å². The Kier molecular flexibility index (Phi) is 5.35. The van der Waals surface area contributed by atoms with Crippen LogP contribution in [0.4, 0.5) is 11.8 Å². The highest BCUT2D eigenvalue weighted by atomic mass is 32.2. The van der Waals surface area contributed by atoms with E-state index in [-0.39, 0.29) is 11.4 Å². The number of ether oxygens (including phenoxy) is 1. The van der Waals surface area contributed by atoms with Gasteiger partial charge in [0.25, 0.3) is 0 Å². The van der Waals surface area contributed by atoms with Crippen molar-refractivity contribution in [3.8, 4) is 5.75 Å². The number of sulfonamides is 1. The molecular formula is C20H27N5O3S. The van der Waals surface area contributed by atoms with E-state index in [0.29, 0.717) is 18.7 Å². The summed E-state index contributed by atoms with van der Waals surface area (Å²) in [6.45, 7) is 2.63. The topological polar surface area (TPSA) is 78.9 Å². The Morgan fingerprint density at radius 3 is 2.34 bits per heavy atom. The maximum absolute atomic E-state index is 13.2. The van der Waals surface area contributed by atoms with Crippen molar-refractivity contribution < 1.29 is 13.2 Å². The van der Waals surface area contributed by atoms with Gasteiger partial charge in [0.1, 0.15) is 11.6 Å². The van der Waals surface area contributed by atoms with E-state index in [1.54, 1.807) is 31.4 Å². The Balaban J connectivity index is 1.66. The summed E-state index contributed by atoms with van der Waals surface area (Å²) in [5.41, 5.74) is 1.84. The predicted molar refractivity (Wildman–Crippen MR) is 112 cm³/mol. The van der Waals surface area contributed by atoms with Gasteiger partial charge in [0.05, 0.1) is 17.7 Å². The van der Waals surface area contributed by atoms with Crippen molar-refractivity contribution in [1.82, 2.24) is 14.3 Å². The van der Waals surface area contributed by atoms with E-state index < -0.39 is 10.0 Å². The minimum atomic E-state index is -3.60. The highest BCUT2D eigenvalue weighted by molar-refractivity contribution is 7.89. The fourth-order valence-corrected chi connectivity index (χ4v) is 5.30. The molecule has 0 amide bonds. The molecule has 8 nitrogen and oxygen atoms in total. The maximum atomic E-state index is 13.2. The number of nitrogens with zero attached hydrogens (tertiary/aromatic N) is 5. The first-order valence-corrected chi connectivity index (χ1v) is 11.3. The third-order valence-corrected chi connectivity index (χ3v) is 7.36. The molecule has 0 unspecified atom stereocenters. The number of hydrogen-bond donors (Lipinski definition) is 0. The average Bonchev–Trinajstić information content (AvgIpc) is 3.27. The van der Waals surface area contributed by atoms with Crippen LogP contribution in [-0.2, 0) is 23.0 Å². The van der Waals surface area contributed by atoms with E-state index in [1.807, 2.05) is 19.0 Å². The zero-order valence-electron chi connectivity index (χ0n) is 17.1. The summed E-state index contributed by atoms with van der Waals surface area (Å²) in [6, 6.07) is 6.51. The summed E-state index contributed by atoms with van der Waals surface area (Å²) in [5.74, 6) is 2.19. The van der Waals surface area contributed by atoms with Gasteiger partial charge in [-0.1, -0.05) is 0 Å². The second-order valence-corrected chi connectivity index (χ2v) is 9.56. The number of rotatable bonds is 5. The van der Waals surface area contributed by atoms with Crippen molar-refractivity contribution in [1.29, 1.82) is 0 Å². The third-order valence-electron chi connectivity index (χ3n) is 5.50. The molecule has 1 aromatic carbocycles. The Bertz CT molecular complexity index is 986. The molecule has 29 heavy (non-hydrogen) atoms. The fraction of sp³-hybridized carbons (Fsp3) is 0.500. The summed E-state index contributed by atoms with van der Waals surface area (Å²) >= 11 is 0. The predicted octanol–water partition coefficient (Wildman–Crippen LogP) is 1.90. The molecule has 0 N–H and O–H groups in total. The molecule has 4 rings (SSSR count). The first kappa shape index (κ1) is 19.9. The molecule has 0 atom stereocenters.